The van der Waals surface area contributed by atoms with Crippen molar-refractivity contribution < 1.29 is 19.4 Å². The first-order chi connectivity index (χ1) is 6.54. The standard InChI is InChI=1S/C5H7IO2.C3H7NO2/c1-5(7)8-4-2-3-6;1-2-6-3(4)5/h5,7H,4H2,1H3;2H2,1H3,(H2,4,5). The van der Waals surface area contributed by atoms with Gasteiger partial charge in [0.1, 0.15) is 6.61 Å². The van der Waals surface area contributed by atoms with Crippen molar-refractivity contribution in [2.45, 2.75) is 20.1 Å². The van der Waals surface area contributed by atoms with Crippen LogP contribution in [0.1, 0.15) is 13.8 Å². The quantitative estimate of drug-likeness (QED) is 0.459. The molecule has 0 aromatic carbocycles. The van der Waals surface area contributed by atoms with Gasteiger partial charge in [-0.25, -0.2) is 4.79 Å². The van der Waals surface area contributed by atoms with Gasteiger partial charge in [-0.3, -0.25) is 0 Å². The van der Waals surface area contributed by atoms with E-state index in [0.717, 1.165) is 0 Å². The fraction of sp³-hybridized carbons (Fsp3) is 0.625. The highest BCUT2D eigenvalue weighted by Gasteiger charge is 1.87. The zero-order valence-electron chi connectivity index (χ0n) is 8.12. The molecule has 0 radical (unpaired) electrons. The van der Waals surface area contributed by atoms with E-state index in [1.54, 1.807) is 13.8 Å². The third-order valence-electron chi connectivity index (χ3n) is 0.750. The van der Waals surface area contributed by atoms with Gasteiger partial charge in [0.05, 0.1) is 6.61 Å². The second-order valence-corrected chi connectivity index (χ2v) is 2.47. The maximum atomic E-state index is 9.60. The third kappa shape index (κ3) is 22.5. The van der Waals surface area contributed by atoms with Crippen LogP contribution >= 0.6 is 22.6 Å². The van der Waals surface area contributed by atoms with Gasteiger partial charge >= 0.3 is 6.09 Å². The van der Waals surface area contributed by atoms with Crippen molar-refractivity contribution in [3.8, 4) is 9.85 Å². The van der Waals surface area contributed by atoms with Crippen LogP contribution in [0, 0.1) is 9.85 Å². The third-order valence-corrected chi connectivity index (χ3v) is 1.13. The number of ether oxygens (including phenoxy) is 2. The van der Waals surface area contributed by atoms with Crippen LogP contribution in [-0.2, 0) is 9.47 Å². The van der Waals surface area contributed by atoms with Crippen molar-refractivity contribution >= 4 is 28.7 Å². The summed E-state index contributed by atoms with van der Waals surface area (Å²) < 4.78 is 11.4. The summed E-state index contributed by atoms with van der Waals surface area (Å²) in [7, 11) is 0. The van der Waals surface area contributed by atoms with E-state index in [-0.39, 0.29) is 0 Å². The Balaban J connectivity index is 0. The normalized spacial score (nSPS) is 10.0. The molecule has 6 heteroatoms. The summed E-state index contributed by atoms with van der Waals surface area (Å²) in [6.07, 6.45) is -1.41. The highest BCUT2D eigenvalue weighted by molar-refractivity contribution is 14.1. The van der Waals surface area contributed by atoms with Crippen LogP contribution in [0.15, 0.2) is 0 Å². The Labute approximate surface area is 97.1 Å². The average molecular weight is 315 g/mol. The molecule has 1 amide bonds. The van der Waals surface area contributed by atoms with E-state index < -0.39 is 12.4 Å². The van der Waals surface area contributed by atoms with Gasteiger partial charge in [0.15, 0.2) is 6.29 Å². The number of hydrogen-bond donors (Lipinski definition) is 2. The number of aliphatic hydroxyl groups excluding tert-OH is 1. The van der Waals surface area contributed by atoms with Crippen molar-refractivity contribution in [2.75, 3.05) is 13.2 Å². The molecule has 0 spiro atoms. The predicted molar refractivity (Wildman–Crippen MR) is 60.6 cm³/mol. The first kappa shape index (κ1) is 15.9. The van der Waals surface area contributed by atoms with Crippen LogP contribution in [0.5, 0.6) is 0 Å². The SMILES string of the molecule is CC(O)OCC#CI.CCOC(N)=O. The number of carbonyl (C=O) groups excluding carboxylic acids is 1. The molecule has 14 heavy (non-hydrogen) atoms. The Morgan fingerprint density at radius 3 is 2.50 bits per heavy atom. The zero-order chi connectivity index (χ0) is 11.4. The molecule has 1 atom stereocenters. The van der Waals surface area contributed by atoms with E-state index in [4.69, 9.17) is 5.11 Å². The lowest BCUT2D eigenvalue weighted by atomic mass is 10.7. The number of carbonyl (C=O) groups is 1. The van der Waals surface area contributed by atoms with Crippen LogP contribution in [0.25, 0.3) is 0 Å². The minimum atomic E-state index is -0.711. The molecule has 3 N–H and O–H groups in total. The van der Waals surface area contributed by atoms with Crippen LogP contribution in [0.2, 0.25) is 0 Å². The number of hydrogen-bond acceptors (Lipinski definition) is 4. The number of amides is 1. The number of aliphatic hydroxyl groups is 1. The van der Waals surface area contributed by atoms with Crippen LogP contribution in [0.3, 0.4) is 0 Å². The lowest BCUT2D eigenvalue weighted by molar-refractivity contribution is -0.0720. The predicted octanol–water partition coefficient (Wildman–Crippen LogP) is 0.839. The van der Waals surface area contributed by atoms with Gasteiger partial charge in [-0.2, -0.15) is 0 Å². The highest BCUT2D eigenvalue weighted by Crippen LogP contribution is 1.81. The first-order valence-electron chi connectivity index (χ1n) is 3.85. The Morgan fingerprint density at radius 1 is 1.71 bits per heavy atom. The molecule has 0 heterocycles. The number of rotatable bonds is 3. The Kier molecular flexibility index (Phi) is 14.2. The number of nitrogens with two attached hydrogens (primary N) is 1. The van der Waals surface area contributed by atoms with Gasteiger partial charge in [-0.05, 0) is 17.8 Å². The van der Waals surface area contributed by atoms with Crippen LogP contribution in [-0.4, -0.2) is 30.7 Å². The maximum absolute atomic E-state index is 9.60. The number of halogens is 1. The molecule has 0 rings (SSSR count). The summed E-state index contributed by atoms with van der Waals surface area (Å²) in [6, 6.07) is 0. The molecule has 0 aliphatic rings. The van der Waals surface area contributed by atoms with Gasteiger partial charge < -0.3 is 20.3 Å². The Morgan fingerprint density at radius 2 is 2.29 bits per heavy atom. The van der Waals surface area contributed by atoms with E-state index in [1.807, 2.05) is 22.6 Å². The fourth-order valence-electron chi connectivity index (χ4n) is 0.332. The zero-order valence-corrected chi connectivity index (χ0v) is 10.3. The average Bonchev–Trinajstić information content (AvgIpc) is 2.05. The topological polar surface area (TPSA) is 81.8 Å². The molecule has 0 aromatic rings. The Hall–Kier alpha value is -0.520. The van der Waals surface area contributed by atoms with Crippen LogP contribution in [0.4, 0.5) is 4.79 Å². The monoisotopic (exact) mass is 315 g/mol. The van der Waals surface area contributed by atoms with E-state index in [2.05, 4.69) is 25.1 Å². The molecular weight excluding hydrogens is 301 g/mol. The van der Waals surface area contributed by atoms with Gasteiger partial charge in [0.2, 0.25) is 0 Å². The largest absolute Gasteiger partial charge is 0.450 e. The molecule has 0 fully saturated rings. The molecule has 0 aliphatic carbocycles. The smallest absolute Gasteiger partial charge is 0.404 e. The van der Waals surface area contributed by atoms with Crippen molar-refractivity contribution in [2.24, 2.45) is 5.73 Å². The first-order valence-corrected chi connectivity index (χ1v) is 4.92. The summed E-state index contributed by atoms with van der Waals surface area (Å²) in [5.74, 6) is 2.63. The molecule has 5 nitrogen and oxygen atoms in total. The summed E-state index contributed by atoms with van der Waals surface area (Å²) in [5, 5.41) is 8.49. The molecular formula is C8H14INO4. The molecule has 0 aliphatic heterocycles. The summed E-state index contributed by atoms with van der Waals surface area (Å²) in [4.78, 5) is 9.60. The van der Waals surface area contributed by atoms with Crippen molar-refractivity contribution in [3.63, 3.8) is 0 Å². The van der Waals surface area contributed by atoms with Gasteiger partial charge in [0.25, 0.3) is 0 Å². The van der Waals surface area contributed by atoms with Crippen molar-refractivity contribution in [3.05, 3.63) is 0 Å². The molecule has 0 aromatic heterocycles. The van der Waals surface area contributed by atoms with Gasteiger partial charge in [0, 0.05) is 22.6 Å². The fourth-order valence-corrected chi connectivity index (χ4v) is 0.488. The molecule has 0 saturated carbocycles. The van der Waals surface area contributed by atoms with Gasteiger partial charge in [-0.15, -0.1) is 0 Å². The second kappa shape index (κ2) is 12.5. The summed E-state index contributed by atoms with van der Waals surface area (Å²) in [5.41, 5.74) is 4.54. The van der Waals surface area contributed by atoms with E-state index in [0.29, 0.717) is 13.2 Å². The molecule has 0 bridgehead atoms. The van der Waals surface area contributed by atoms with Crippen molar-refractivity contribution in [1.82, 2.24) is 0 Å². The van der Waals surface area contributed by atoms with Gasteiger partial charge in [-0.1, -0.05) is 5.92 Å². The highest BCUT2D eigenvalue weighted by atomic mass is 127. The molecule has 0 saturated heterocycles. The minimum Gasteiger partial charge on any atom is -0.450 e. The second-order valence-electron chi connectivity index (χ2n) is 1.93. The lowest BCUT2D eigenvalue weighted by Gasteiger charge is -1.99. The van der Waals surface area contributed by atoms with E-state index >= 15 is 0 Å². The van der Waals surface area contributed by atoms with Crippen LogP contribution < -0.4 is 5.73 Å². The van der Waals surface area contributed by atoms with Crippen molar-refractivity contribution in [1.29, 1.82) is 0 Å². The van der Waals surface area contributed by atoms with E-state index in [9.17, 15) is 4.79 Å². The number of primary amides is 1. The molecule has 82 valence electrons. The molecule has 1 unspecified atom stereocenters. The minimum absolute atomic E-state index is 0.306. The summed E-state index contributed by atoms with van der Waals surface area (Å²) in [6.45, 7) is 3.91. The lowest BCUT2D eigenvalue weighted by Crippen LogP contribution is -2.11. The summed E-state index contributed by atoms with van der Waals surface area (Å²) >= 11 is 1.91. The van der Waals surface area contributed by atoms with E-state index in [1.165, 1.54) is 0 Å². The Bertz CT molecular complexity index is 197. The maximum Gasteiger partial charge on any atom is 0.404 e.